The van der Waals surface area contributed by atoms with Gasteiger partial charge in [0.1, 0.15) is 23.9 Å². The molecule has 0 saturated heterocycles. The molecule has 1 aliphatic rings. The summed E-state index contributed by atoms with van der Waals surface area (Å²) in [7, 11) is 3.01. The van der Waals surface area contributed by atoms with E-state index in [0.717, 1.165) is 10.0 Å². The molecule has 10 heteroatoms. The van der Waals surface area contributed by atoms with E-state index in [2.05, 4.69) is 36.6 Å². The normalized spacial score (nSPS) is 15.2. The molecule has 0 radical (unpaired) electrons. The average Bonchev–Trinajstić information content (AvgIpc) is 3.21. The van der Waals surface area contributed by atoms with Gasteiger partial charge in [0.25, 0.3) is 5.91 Å². The highest BCUT2D eigenvalue weighted by Gasteiger charge is 2.34. The second-order valence-corrected chi connectivity index (χ2v) is 8.11. The molecule has 1 atom stereocenters. The van der Waals surface area contributed by atoms with E-state index < -0.39 is 6.04 Å². The van der Waals surface area contributed by atoms with Crippen LogP contribution in [-0.2, 0) is 4.79 Å². The van der Waals surface area contributed by atoms with Crippen molar-refractivity contribution >= 4 is 45.1 Å². The molecule has 0 bridgehead atoms. The highest BCUT2D eigenvalue weighted by atomic mass is 79.9. The molecule has 3 aromatic rings. The molecule has 0 unspecified atom stereocenters. The minimum absolute atomic E-state index is 0.321. The molecular weight excluding hydrogens is 486 g/mol. The number of hydrogen-bond donors (Lipinski definition) is 2. The predicted molar refractivity (Wildman–Crippen MR) is 122 cm³/mol. The van der Waals surface area contributed by atoms with Gasteiger partial charge in [-0.1, -0.05) is 39.7 Å². The number of nitrogens with one attached hydrogen (secondary N) is 2. The van der Waals surface area contributed by atoms with Crippen molar-refractivity contribution in [3.05, 3.63) is 69.1 Å². The van der Waals surface area contributed by atoms with Gasteiger partial charge in [0.05, 0.1) is 30.5 Å². The Labute approximate surface area is 192 Å². The van der Waals surface area contributed by atoms with Crippen LogP contribution in [0.15, 0.2) is 58.5 Å². The summed E-state index contributed by atoms with van der Waals surface area (Å²) in [6.07, 6.45) is 1.45. The molecule has 2 aromatic carbocycles. The first-order valence-corrected chi connectivity index (χ1v) is 10.5. The van der Waals surface area contributed by atoms with E-state index in [-0.39, 0.29) is 5.91 Å². The van der Waals surface area contributed by atoms with Crippen molar-refractivity contribution < 1.29 is 14.3 Å². The van der Waals surface area contributed by atoms with Crippen molar-refractivity contribution in [2.75, 3.05) is 24.9 Å². The number of aromatic nitrogens is 3. The molecule has 4 rings (SSSR count). The van der Waals surface area contributed by atoms with Crippen molar-refractivity contribution in [3.8, 4) is 11.5 Å². The Balaban J connectivity index is 1.77. The minimum atomic E-state index is -0.476. The van der Waals surface area contributed by atoms with Crippen LogP contribution in [0.25, 0.3) is 0 Å². The number of ether oxygens (including phenoxy) is 2. The predicted octanol–water partition coefficient (Wildman–Crippen LogP) is 4.64. The van der Waals surface area contributed by atoms with Crippen molar-refractivity contribution in [2.45, 2.75) is 13.0 Å². The van der Waals surface area contributed by atoms with Crippen LogP contribution < -0.4 is 20.1 Å². The third kappa shape index (κ3) is 3.98. The highest BCUT2D eigenvalue weighted by molar-refractivity contribution is 9.10. The van der Waals surface area contributed by atoms with Crippen molar-refractivity contribution in [2.24, 2.45) is 0 Å². The fraction of sp³-hybridized carbons (Fsp3) is 0.190. The van der Waals surface area contributed by atoms with Gasteiger partial charge in [-0.3, -0.25) is 4.79 Å². The summed E-state index contributed by atoms with van der Waals surface area (Å²) in [5.74, 6) is 1.08. The molecule has 0 spiro atoms. The Hall–Kier alpha value is -3.04. The summed E-state index contributed by atoms with van der Waals surface area (Å²) >= 11 is 9.70. The van der Waals surface area contributed by atoms with E-state index >= 15 is 0 Å². The molecule has 160 valence electrons. The van der Waals surface area contributed by atoms with E-state index in [9.17, 15) is 4.79 Å². The molecule has 31 heavy (non-hydrogen) atoms. The minimum Gasteiger partial charge on any atom is -0.495 e. The first kappa shape index (κ1) is 21.2. The number of amides is 1. The second kappa shape index (κ2) is 8.60. The first-order valence-electron chi connectivity index (χ1n) is 9.28. The van der Waals surface area contributed by atoms with Crippen LogP contribution in [0.1, 0.15) is 18.5 Å². The summed E-state index contributed by atoms with van der Waals surface area (Å²) < 4.78 is 13.3. The van der Waals surface area contributed by atoms with Crippen molar-refractivity contribution in [1.29, 1.82) is 0 Å². The lowest BCUT2D eigenvalue weighted by Gasteiger charge is -2.29. The number of halogens is 2. The molecule has 2 heterocycles. The maximum absolute atomic E-state index is 13.5. The molecule has 0 aliphatic carbocycles. The van der Waals surface area contributed by atoms with Gasteiger partial charge in [0, 0.05) is 22.3 Å². The van der Waals surface area contributed by atoms with Gasteiger partial charge in [-0.2, -0.15) is 10.1 Å². The first-order chi connectivity index (χ1) is 14.9. The molecule has 0 saturated carbocycles. The molecule has 1 amide bonds. The fourth-order valence-electron chi connectivity index (χ4n) is 3.52. The van der Waals surface area contributed by atoms with Crippen LogP contribution in [0, 0.1) is 0 Å². The zero-order chi connectivity index (χ0) is 22.1. The van der Waals surface area contributed by atoms with E-state index in [1.165, 1.54) is 20.5 Å². The van der Waals surface area contributed by atoms with Crippen LogP contribution in [0.2, 0.25) is 5.02 Å². The number of benzene rings is 2. The van der Waals surface area contributed by atoms with Crippen LogP contribution in [0.3, 0.4) is 0 Å². The third-order valence-corrected chi connectivity index (χ3v) is 5.71. The van der Waals surface area contributed by atoms with Crippen molar-refractivity contribution in [1.82, 2.24) is 14.8 Å². The lowest BCUT2D eigenvalue weighted by atomic mass is 9.95. The number of nitrogens with zero attached hydrogens (tertiary/aromatic N) is 3. The molecule has 0 fully saturated rings. The standard InChI is InChI=1S/C21H19BrClN5O3/c1-11-18(20(29)27-15-9-16(30-2)14(23)8-17(15)31-3)19(12-5-4-6-13(22)7-12)28-21(26-11)24-10-25-28/h4-10,19H,1-3H3,(H,27,29)(H,24,25,26)/t19-/m1/s1. The summed E-state index contributed by atoms with van der Waals surface area (Å²) in [5.41, 5.74) is 2.48. The Morgan fingerprint density at radius 2 is 2.00 bits per heavy atom. The molecule has 2 N–H and O–H groups in total. The van der Waals surface area contributed by atoms with Gasteiger partial charge < -0.3 is 20.1 Å². The molecule has 1 aromatic heterocycles. The molecule has 1 aliphatic heterocycles. The fourth-order valence-corrected chi connectivity index (χ4v) is 4.17. The van der Waals surface area contributed by atoms with Gasteiger partial charge in [0.15, 0.2) is 0 Å². The van der Waals surface area contributed by atoms with E-state index in [4.69, 9.17) is 21.1 Å². The molecule has 8 nitrogen and oxygen atoms in total. The van der Waals surface area contributed by atoms with Gasteiger partial charge in [-0.25, -0.2) is 4.68 Å². The van der Waals surface area contributed by atoms with E-state index in [0.29, 0.717) is 39.4 Å². The summed E-state index contributed by atoms with van der Waals surface area (Å²) in [4.78, 5) is 17.8. The van der Waals surface area contributed by atoms with Gasteiger partial charge >= 0.3 is 0 Å². The lowest BCUT2D eigenvalue weighted by molar-refractivity contribution is -0.113. The number of rotatable bonds is 5. The second-order valence-electron chi connectivity index (χ2n) is 6.79. The van der Waals surface area contributed by atoms with Gasteiger partial charge in [-0.05, 0) is 24.6 Å². The van der Waals surface area contributed by atoms with E-state index in [1.54, 1.807) is 16.8 Å². The van der Waals surface area contributed by atoms with Crippen LogP contribution in [0.4, 0.5) is 11.6 Å². The Morgan fingerprint density at radius 3 is 2.71 bits per heavy atom. The summed E-state index contributed by atoms with van der Waals surface area (Å²) in [6.45, 7) is 1.83. The lowest BCUT2D eigenvalue weighted by Crippen LogP contribution is -2.31. The number of carbonyl (C=O) groups excluding carboxylic acids is 1. The largest absolute Gasteiger partial charge is 0.495 e. The number of fused-ring (bicyclic) bond motifs is 1. The highest BCUT2D eigenvalue weighted by Crippen LogP contribution is 2.39. The number of anilines is 2. The monoisotopic (exact) mass is 503 g/mol. The van der Waals surface area contributed by atoms with E-state index in [1.807, 2.05) is 31.2 Å². The van der Waals surface area contributed by atoms with Gasteiger partial charge in [0.2, 0.25) is 5.95 Å². The Morgan fingerprint density at radius 1 is 1.23 bits per heavy atom. The number of methoxy groups -OCH3 is 2. The van der Waals surface area contributed by atoms with Crippen LogP contribution >= 0.6 is 27.5 Å². The maximum atomic E-state index is 13.5. The molecular formula is C21H19BrClN5O3. The summed E-state index contributed by atoms with van der Waals surface area (Å²) in [5, 5.41) is 10.8. The quantitative estimate of drug-likeness (QED) is 0.526. The van der Waals surface area contributed by atoms with Crippen molar-refractivity contribution in [3.63, 3.8) is 0 Å². The number of hydrogen-bond acceptors (Lipinski definition) is 6. The maximum Gasteiger partial charge on any atom is 0.255 e. The topological polar surface area (TPSA) is 90.3 Å². The summed E-state index contributed by atoms with van der Waals surface area (Å²) in [6, 6.07) is 10.5. The van der Waals surface area contributed by atoms with Gasteiger partial charge in [-0.15, -0.1) is 0 Å². The number of allylic oxidation sites excluding steroid dienone is 1. The zero-order valence-electron chi connectivity index (χ0n) is 16.9. The van der Waals surface area contributed by atoms with Crippen LogP contribution in [-0.4, -0.2) is 34.9 Å². The smallest absolute Gasteiger partial charge is 0.255 e. The third-order valence-electron chi connectivity index (χ3n) is 4.93. The number of carbonyl (C=O) groups is 1. The Kier molecular flexibility index (Phi) is 5.88. The zero-order valence-corrected chi connectivity index (χ0v) is 19.3. The SMILES string of the molecule is COc1cc(NC(=O)C2=C(C)Nc3ncnn3[C@@H]2c2cccc(Br)c2)c(OC)cc1Cl. The Bertz CT molecular complexity index is 1190. The van der Waals surface area contributed by atoms with Crippen LogP contribution in [0.5, 0.6) is 11.5 Å². The average molecular weight is 505 g/mol.